The maximum absolute atomic E-state index is 13.3. The molecular weight excluding hydrogens is 394 g/mol. The van der Waals surface area contributed by atoms with Crippen LogP contribution in [0.2, 0.25) is 0 Å². The number of benzene rings is 2. The number of nitrogens with one attached hydrogen (secondary N) is 1. The SMILES string of the molecule is COc1ccc(C)cc1/C=C1\CN(C)C(=O)CN(C(=O)N[C@H](C)c2ccccc2)C1=O. The molecule has 1 aliphatic heterocycles. The van der Waals surface area contributed by atoms with Gasteiger partial charge in [-0.1, -0.05) is 42.0 Å². The molecule has 1 heterocycles. The van der Waals surface area contributed by atoms with Crippen molar-refractivity contribution < 1.29 is 19.1 Å². The van der Waals surface area contributed by atoms with Gasteiger partial charge in [-0.15, -0.1) is 0 Å². The van der Waals surface area contributed by atoms with Gasteiger partial charge in [0.15, 0.2) is 0 Å². The summed E-state index contributed by atoms with van der Waals surface area (Å²) in [7, 11) is 3.17. The van der Waals surface area contributed by atoms with Gasteiger partial charge in [0, 0.05) is 18.2 Å². The van der Waals surface area contributed by atoms with Gasteiger partial charge in [0.25, 0.3) is 5.91 Å². The number of carbonyl (C=O) groups is 3. The summed E-state index contributed by atoms with van der Waals surface area (Å²) in [5, 5.41) is 2.82. The Labute approximate surface area is 182 Å². The molecule has 7 nitrogen and oxygen atoms in total. The Morgan fingerprint density at radius 2 is 1.84 bits per heavy atom. The molecule has 7 heteroatoms. The maximum atomic E-state index is 13.3. The maximum Gasteiger partial charge on any atom is 0.325 e. The van der Waals surface area contributed by atoms with Crippen LogP contribution in [0.3, 0.4) is 0 Å². The second-order valence-electron chi connectivity index (χ2n) is 7.64. The lowest BCUT2D eigenvalue weighted by Gasteiger charge is -2.22. The number of nitrogens with zero attached hydrogens (tertiary/aromatic N) is 2. The molecule has 0 bridgehead atoms. The molecular formula is C24H27N3O4. The Morgan fingerprint density at radius 1 is 1.13 bits per heavy atom. The number of urea groups is 1. The van der Waals surface area contributed by atoms with Gasteiger partial charge in [-0.25, -0.2) is 4.79 Å². The van der Waals surface area contributed by atoms with Gasteiger partial charge in [0.05, 0.1) is 19.7 Å². The normalized spacial score (nSPS) is 16.8. The van der Waals surface area contributed by atoms with Crippen LogP contribution in [-0.4, -0.2) is 54.9 Å². The summed E-state index contributed by atoms with van der Waals surface area (Å²) in [6.45, 7) is 3.56. The molecule has 1 N–H and O–H groups in total. The Kier molecular flexibility index (Phi) is 6.74. The van der Waals surface area contributed by atoms with E-state index in [2.05, 4.69) is 5.32 Å². The average Bonchev–Trinajstić information content (AvgIpc) is 2.86. The average molecular weight is 421 g/mol. The third-order valence-electron chi connectivity index (χ3n) is 5.25. The summed E-state index contributed by atoms with van der Waals surface area (Å²) in [6, 6.07) is 14.1. The highest BCUT2D eigenvalue weighted by Crippen LogP contribution is 2.24. The number of hydrogen-bond donors (Lipinski definition) is 1. The van der Waals surface area contributed by atoms with Gasteiger partial charge in [0.2, 0.25) is 5.91 Å². The monoisotopic (exact) mass is 421 g/mol. The summed E-state index contributed by atoms with van der Waals surface area (Å²) in [5.74, 6) is -0.202. The molecule has 3 rings (SSSR count). The van der Waals surface area contributed by atoms with Crippen molar-refractivity contribution in [1.29, 1.82) is 0 Å². The zero-order chi connectivity index (χ0) is 22.5. The fourth-order valence-electron chi connectivity index (χ4n) is 3.43. The Morgan fingerprint density at radius 3 is 2.52 bits per heavy atom. The van der Waals surface area contributed by atoms with Crippen LogP contribution in [0.15, 0.2) is 54.1 Å². The third-order valence-corrected chi connectivity index (χ3v) is 5.25. The molecule has 4 amide bonds. The van der Waals surface area contributed by atoms with Crippen molar-refractivity contribution >= 4 is 23.9 Å². The molecule has 2 aromatic carbocycles. The molecule has 0 saturated carbocycles. The Hall–Kier alpha value is -3.61. The first kappa shape index (κ1) is 22.1. The van der Waals surface area contributed by atoms with E-state index < -0.39 is 11.9 Å². The number of aryl methyl sites for hydroxylation is 1. The molecule has 0 unspecified atom stereocenters. The molecule has 0 spiro atoms. The lowest BCUT2D eigenvalue weighted by Crippen LogP contribution is -2.47. The van der Waals surface area contributed by atoms with E-state index in [0.29, 0.717) is 16.9 Å². The molecule has 0 radical (unpaired) electrons. The summed E-state index contributed by atoms with van der Waals surface area (Å²) in [6.07, 6.45) is 1.68. The van der Waals surface area contributed by atoms with E-state index in [-0.39, 0.29) is 25.0 Å². The van der Waals surface area contributed by atoms with Gasteiger partial charge >= 0.3 is 6.03 Å². The van der Waals surface area contributed by atoms with Crippen molar-refractivity contribution in [3.05, 3.63) is 70.8 Å². The minimum atomic E-state index is -0.605. The van der Waals surface area contributed by atoms with E-state index in [9.17, 15) is 14.4 Å². The van der Waals surface area contributed by atoms with Crippen LogP contribution in [0.4, 0.5) is 4.79 Å². The van der Waals surface area contributed by atoms with Crippen molar-refractivity contribution in [2.24, 2.45) is 0 Å². The number of likely N-dealkylation sites (N-methyl/N-ethyl adjacent to an activating group) is 1. The van der Waals surface area contributed by atoms with Crippen LogP contribution in [0.5, 0.6) is 5.75 Å². The minimum absolute atomic E-state index is 0.104. The van der Waals surface area contributed by atoms with Crippen LogP contribution in [0.25, 0.3) is 6.08 Å². The van der Waals surface area contributed by atoms with Gasteiger partial charge in [0.1, 0.15) is 12.3 Å². The van der Waals surface area contributed by atoms with Crippen molar-refractivity contribution in [2.75, 3.05) is 27.2 Å². The van der Waals surface area contributed by atoms with Gasteiger partial charge in [-0.2, -0.15) is 0 Å². The van der Waals surface area contributed by atoms with Gasteiger partial charge in [-0.3, -0.25) is 14.5 Å². The van der Waals surface area contributed by atoms with Crippen molar-refractivity contribution in [3.8, 4) is 5.75 Å². The lowest BCUT2D eigenvalue weighted by atomic mass is 10.1. The number of methoxy groups -OCH3 is 1. The first-order valence-electron chi connectivity index (χ1n) is 10.1. The molecule has 0 aliphatic carbocycles. The molecule has 1 atom stereocenters. The van der Waals surface area contributed by atoms with Crippen LogP contribution in [-0.2, 0) is 9.59 Å². The molecule has 2 aromatic rings. The van der Waals surface area contributed by atoms with Crippen LogP contribution in [0, 0.1) is 6.92 Å². The molecule has 1 saturated heterocycles. The highest BCUT2D eigenvalue weighted by atomic mass is 16.5. The number of hydrogen-bond acceptors (Lipinski definition) is 4. The number of imide groups is 1. The third kappa shape index (κ3) is 5.12. The van der Waals surface area contributed by atoms with E-state index in [1.165, 1.54) is 4.90 Å². The van der Waals surface area contributed by atoms with Gasteiger partial charge in [-0.05, 0) is 37.6 Å². The zero-order valence-electron chi connectivity index (χ0n) is 18.2. The zero-order valence-corrected chi connectivity index (χ0v) is 18.2. The molecule has 162 valence electrons. The number of amides is 4. The standard InChI is InChI=1S/C24H27N3O4/c1-16-10-11-21(31-4)19(12-16)13-20-14-26(3)22(28)15-27(23(20)29)24(30)25-17(2)18-8-6-5-7-9-18/h5-13,17H,14-15H2,1-4H3,(H,25,30)/b20-13+/t17-/m1/s1. The Balaban J connectivity index is 1.91. The highest BCUT2D eigenvalue weighted by molar-refractivity contribution is 6.10. The second-order valence-corrected chi connectivity index (χ2v) is 7.64. The first-order chi connectivity index (χ1) is 14.8. The van der Waals surface area contributed by atoms with Crippen LogP contribution >= 0.6 is 0 Å². The largest absolute Gasteiger partial charge is 0.496 e. The predicted molar refractivity (Wildman–Crippen MR) is 118 cm³/mol. The summed E-state index contributed by atoms with van der Waals surface area (Å²) in [4.78, 5) is 41.1. The van der Waals surface area contributed by atoms with E-state index in [1.807, 2.05) is 62.4 Å². The topological polar surface area (TPSA) is 79.0 Å². The highest BCUT2D eigenvalue weighted by Gasteiger charge is 2.33. The minimum Gasteiger partial charge on any atom is -0.496 e. The van der Waals surface area contributed by atoms with E-state index in [4.69, 9.17) is 4.74 Å². The fourth-order valence-corrected chi connectivity index (χ4v) is 3.43. The van der Waals surface area contributed by atoms with Crippen molar-refractivity contribution in [3.63, 3.8) is 0 Å². The predicted octanol–water partition coefficient (Wildman–Crippen LogP) is 3.16. The second kappa shape index (κ2) is 9.47. The first-order valence-corrected chi connectivity index (χ1v) is 10.1. The van der Waals surface area contributed by atoms with Crippen LogP contribution in [0.1, 0.15) is 29.7 Å². The Bertz CT molecular complexity index is 1020. The van der Waals surface area contributed by atoms with E-state index in [1.54, 1.807) is 20.2 Å². The van der Waals surface area contributed by atoms with E-state index in [0.717, 1.165) is 16.0 Å². The smallest absolute Gasteiger partial charge is 0.325 e. The lowest BCUT2D eigenvalue weighted by molar-refractivity contribution is -0.132. The number of carbonyl (C=O) groups excluding carboxylic acids is 3. The quantitative estimate of drug-likeness (QED) is 0.770. The summed E-state index contributed by atoms with van der Waals surface area (Å²) >= 11 is 0. The summed E-state index contributed by atoms with van der Waals surface area (Å²) < 4.78 is 5.40. The van der Waals surface area contributed by atoms with Gasteiger partial charge < -0.3 is 15.0 Å². The summed E-state index contributed by atoms with van der Waals surface area (Å²) in [5.41, 5.74) is 2.96. The molecule has 31 heavy (non-hydrogen) atoms. The molecule has 1 aliphatic rings. The molecule has 1 fully saturated rings. The number of ether oxygens (including phenoxy) is 1. The van der Waals surface area contributed by atoms with Crippen molar-refractivity contribution in [2.45, 2.75) is 19.9 Å². The van der Waals surface area contributed by atoms with E-state index >= 15 is 0 Å². The molecule has 0 aromatic heterocycles. The number of rotatable bonds is 4. The fraction of sp³-hybridized carbons (Fsp3) is 0.292. The van der Waals surface area contributed by atoms with Crippen molar-refractivity contribution in [1.82, 2.24) is 15.1 Å². The van der Waals surface area contributed by atoms with Crippen LogP contribution < -0.4 is 10.1 Å².